The third-order valence-electron chi connectivity index (χ3n) is 5.01. The van der Waals surface area contributed by atoms with E-state index in [1.54, 1.807) is 0 Å². The van der Waals surface area contributed by atoms with Gasteiger partial charge in [0.15, 0.2) is 0 Å². The van der Waals surface area contributed by atoms with Crippen LogP contribution in [0.4, 0.5) is 0 Å². The number of carbonyl (C=O) groups is 2. The van der Waals surface area contributed by atoms with Crippen LogP contribution in [0.5, 0.6) is 0 Å². The van der Waals surface area contributed by atoms with Crippen molar-refractivity contribution in [1.29, 1.82) is 0 Å². The molecule has 2 heterocycles. The van der Waals surface area contributed by atoms with Crippen LogP contribution in [-0.2, 0) is 9.59 Å². The van der Waals surface area contributed by atoms with Gasteiger partial charge in [-0.05, 0) is 40.5 Å². The van der Waals surface area contributed by atoms with Crippen molar-refractivity contribution in [3.8, 4) is 0 Å². The summed E-state index contributed by atoms with van der Waals surface area (Å²) < 4.78 is 0. The lowest BCUT2D eigenvalue weighted by atomic mass is 9.73. The summed E-state index contributed by atoms with van der Waals surface area (Å²) in [7, 11) is 0. The van der Waals surface area contributed by atoms with Crippen molar-refractivity contribution in [1.82, 2.24) is 10.2 Å². The normalized spacial score (nSPS) is 28.1. The molecule has 0 bridgehead atoms. The zero-order valence-electron chi connectivity index (χ0n) is 12.3. The number of piperidine rings is 1. The van der Waals surface area contributed by atoms with Crippen LogP contribution < -0.4 is 11.1 Å². The molecule has 3 N–H and O–H groups in total. The summed E-state index contributed by atoms with van der Waals surface area (Å²) in [5.74, 6) is 0.118. The topological polar surface area (TPSA) is 75.4 Å². The molecule has 5 nitrogen and oxygen atoms in total. The minimum absolute atomic E-state index is 0.00961. The third-order valence-corrected chi connectivity index (χ3v) is 5.01. The summed E-state index contributed by atoms with van der Waals surface area (Å²) in [5, 5.41) is 2.87. The molecule has 2 amide bonds. The van der Waals surface area contributed by atoms with Gasteiger partial charge in [0.25, 0.3) is 0 Å². The Morgan fingerprint density at radius 3 is 2.58 bits per heavy atom. The maximum atomic E-state index is 12.8. The van der Waals surface area contributed by atoms with Crippen LogP contribution >= 0.6 is 0 Å². The molecule has 2 aliphatic heterocycles. The van der Waals surface area contributed by atoms with E-state index < -0.39 is 11.0 Å². The number of nitrogens with one attached hydrogen (secondary N) is 1. The second kappa shape index (κ2) is 4.47. The maximum Gasteiger partial charge on any atom is 0.230 e. The van der Waals surface area contributed by atoms with Crippen LogP contribution in [0.1, 0.15) is 40.5 Å². The van der Waals surface area contributed by atoms with Crippen LogP contribution in [-0.4, -0.2) is 41.4 Å². The first-order valence-corrected chi connectivity index (χ1v) is 7.04. The first kappa shape index (κ1) is 14.3. The van der Waals surface area contributed by atoms with Gasteiger partial charge in [0.05, 0.1) is 17.4 Å². The fraction of sp³-hybridized carbons (Fsp3) is 0.857. The molecule has 5 heteroatoms. The first-order valence-electron chi connectivity index (χ1n) is 7.04. The van der Waals surface area contributed by atoms with E-state index in [0.29, 0.717) is 6.54 Å². The Hall–Kier alpha value is -1.10. The van der Waals surface area contributed by atoms with E-state index in [2.05, 4.69) is 5.32 Å². The molecular formula is C14H25N3O2. The molecule has 2 rings (SSSR count). The number of fused-ring (bicyclic) bond motifs is 1. The molecule has 19 heavy (non-hydrogen) atoms. The van der Waals surface area contributed by atoms with Crippen molar-refractivity contribution in [2.75, 3.05) is 13.1 Å². The smallest absolute Gasteiger partial charge is 0.230 e. The zero-order chi connectivity index (χ0) is 14.4. The largest absolute Gasteiger partial charge is 0.354 e. The Labute approximate surface area is 114 Å². The van der Waals surface area contributed by atoms with Crippen LogP contribution in [0.2, 0.25) is 0 Å². The predicted molar refractivity (Wildman–Crippen MR) is 73.3 cm³/mol. The molecule has 2 unspecified atom stereocenters. The second-order valence-electron chi connectivity index (χ2n) is 6.91. The van der Waals surface area contributed by atoms with Crippen molar-refractivity contribution in [3.63, 3.8) is 0 Å². The number of nitrogens with two attached hydrogens (primary N) is 1. The van der Waals surface area contributed by atoms with Crippen LogP contribution in [0, 0.1) is 11.3 Å². The highest BCUT2D eigenvalue weighted by atomic mass is 16.2. The molecule has 0 radical (unpaired) electrons. The fourth-order valence-electron chi connectivity index (χ4n) is 2.84. The maximum absolute atomic E-state index is 12.8. The summed E-state index contributed by atoms with van der Waals surface area (Å²) in [6.45, 7) is 8.85. The van der Waals surface area contributed by atoms with Crippen molar-refractivity contribution in [2.24, 2.45) is 17.1 Å². The van der Waals surface area contributed by atoms with E-state index in [9.17, 15) is 9.59 Å². The lowest BCUT2D eigenvalue weighted by molar-refractivity contribution is -0.148. The lowest BCUT2D eigenvalue weighted by Crippen LogP contribution is -2.60. The van der Waals surface area contributed by atoms with Gasteiger partial charge in [0.2, 0.25) is 11.8 Å². The molecule has 0 aromatic heterocycles. The summed E-state index contributed by atoms with van der Waals surface area (Å²) >= 11 is 0. The molecule has 2 fully saturated rings. The van der Waals surface area contributed by atoms with Crippen molar-refractivity contribution < 1.29 is 9.59 Å². The number of carbonyl (C=O) groups excluding carboxylic acids is 2. The average molecular weight is 267 g/mol. The number of amides is 2. The molecule has 0 aliphatic carbocycles. The highest BCUT2D eigenvalue weighted by molar-refractivity contribution is 5.87. The Balaban J connectivity index is 2.22. The van der Waals surface area contributed by atoms with Crippen LogP contribution in [0.25, 0.3) is 0 Å². The summed E-state index contributed by atoms with van der Waals surface area (Å²) in [6.07, 6.45) is 1.77. The molecular weight excluding hydrogens is 242 g/mol. The van der Waals surface area contributed by atoms with E-state index in [4.69, 9.17) is 5.73 Å². The molecule has 2 saturated heterocycles. The minimum Gasteiger partial charge on any atom is -0.354 e. The summed E-state index contributed by atoms with van der Waals surface area (Å²) in [4.78, 5) is 26.4. The molecule has 108 valence electrons. The van der Waals surface area contributed by atoms with Crippen LogP contribution in [0.15, 0.2) is 0 Å². The number of likely N-dealkylation sites (tertiary alicyclic amines) is 1. The Morgan fingerprint density at radius 2 is 2.00 bits per heavy atom. The van der Waals surface area contributed by atoms with Gasteiger partial charge in [-0.2, -0.15) is 0 Å². The first-order chi connectivity index (χ1) is 8.66. The number of hydrogen-bond acceptors (Lipinski definition) is 3. The lowest BCUT2D eigenvalue weighted by Gasteiger charge is -2.45. The van der Waals surface area contributed by atoms with E-state index in [1.165, 1.54) is 0 Å². The molecule has 0 aromatic rings. The summed E-state index contributed by atoms with van der Waals surface area (Å²) in [6, 6.07) is 0.00961. The second-order valence-corrected chi connectivity index (χ2v) is 6.91. The highest BCUT2D eigenvalue weighted by Crippen LogP contribution is 2.35. The van der Waals surface area contributed by atoms with Gasteiger partial charge in [0.1, 0.15) is 0 Å². The number of nitrogens with zero attached hydrogens (tertiary/aromatic N) is 1. The van der Waals surface area contributed by atoms with Gasteiger partial charge in [0, 0.05) is 18.6 Å². The minimum atomic E-state index is -0.638. The molecule has 2 aliphatic rings. The Morgan fingerprint density at radius 1 is 1.37 bits per heavy atom. The SMILES string of the molecule is CC(C)(N)C(C)(C)C(=O)N1CCCC2C(=O)NCC21. The monoisotopic (exact) mass is 267 g/mol. The van der Waals surface area contributed by atoms with Gasteiger partial charge in [-0.3, -0.25) is 9.59 Å². The van der Waals surface area contributed by atoms with E-state index >= 15 is 0 Å². The van der Waals surface area contributed by atoms with E-state index in [-0.39, 0.29) is 23.8 Å². The third kappa shape index (κ3) is 2.24. The summed E-state index contributed by atoms with van der Waals surface area (Å²) in [5.41, 5.74) is 4.93. The average Bonchev–Trinajstić information content (AvgIpc) is 2.69. The van der Waals surface area contributed by atoms with Gasteiger partial charge in [-0.25, -0.2) is 0 Å². The van der Waals surface area contributed by atoms with E-state index in [0.717, 1.165) is 19.4 Å². The van der Waals surface area contributed by atoms with Crippen molar-refractivity contribution in [2.45, 2.75) is 52.1 Å². The van der Waals surface area contributed by atoms with E-state index in [1.807, 2.05) is 32.6 Å². The molecule has 2 atom stereocenters. The zero-order valence-corrected chi connectivity index (χ0v) is 12.3. The van der Waals surface area contributed by atoms with Gasteiger partial charge < -0.3 is 16.0 Å². The Kier molecular flexibility index (Phi) is 3.37. The predicted octanol–water partition coefficient (Wildman–Crippen LogP) is 0.487. The standard InChI is InChI=1S/C14H25N3O2/c1-13(2,14(3,4)15)12(19)17-7-5-6-9-10(17)8-16-11(9)18/h9-10H,5-8,15H2,1-4H3,(H,16,18). The molecule has 0 spiro atoms. The fourth-order valence-corrected chi connectivity index (χ4v) is 2.84. The van der Waals surface area contributed by atoms with Gasteiger partial charge in [-0.15, -0.1) is 0 Å². The number of rotatable bonds is 2. The molecule has 0 aromatic carbocycles. The quantitative estimate of drug-likeness (QED) is 0.764. The van der Waals surface area contributed by atoms with Crippen molar-refractivity contribution >= 4 is 11.8 Å². The highest BCUT2D eigenvalue weighted by Gasteiger charge is 2.49. The van der Waals surface area contributed by atoms with Gasteiger partial charge >= 0.3 is 0 Å². The van der Waals surface area contributed by atoms with Gasteiger partial charge in [-0.1, -0.05) is 0 Å². The number of hydrogen-bond donors (Lipinski definition) is 2. The Bertz CT molecular complexity index is 398. The van der Waals surface area contributed by atoms with Crippen molar-refractivity contribution in [3.05, 3.63) is 0 Å². The molecule has 0 saturated carbocycles. The van der Waals surface area contributed by atoms with Crippen LogP contribution in [0.3, 0.4) is 0 Å².